The SMILES string of the molecule is CCC1CCC(Oc2ccc(C(C)=NO)cc2OC)CC1. The van der Waals surface area contributed by atoms with E-state index in [9.17, 15) is 0 Å². The van der Waals surface area contributed by atoms with Gasteiger partial charge in [0.2, 0.25) is 0 Å². The highest BCUT2D eigenvalue weighted by Gasteiger charge is 2.22. The fraction of sp³-hybridized carbons (Fsp3) is 0.588. The number of ether oxygens (including phenoxy) is 2. The number of hydrogen-bond donors (Lipinski definition) is 1. The average Bonchev–Trinajstić information content (AvgIpc) is 2.55. The van der Waals surface area contributed by atoms with E-state index >= 15 is 0 Å². The van der Waals surface area contributed by atoms with Crippen LogP contribution in [0.15, 0.2) is 23.4 Å². The predicted octanol–water partition coefficient (Wildman–Crippen LogP) is 4.24. The van der Waals surface area contributed by atoms with Crippen LogP contribution >= 0.6 is 0 Å². The lowest BCUT2D eigenvalue weighted by Crippen LogP contribution is -2.24. The second kappa shape index (κ2) is 7.34. The second-order valence-corrected chi connectivity index (χ2v) is 5.72. The number of benzene rings is 1. The van der Waals surface area contributed by atoms with Gasteiger partial charge in [-0.3, -0.25) is 0 Å². The van der Waals surface area contributed by atoms with E-state index in [1.54, 1.807) is 14.0 Å². The molecule has 4 heteroatoms. The van der Waals surface area contributed by atoms with Crippen LogP contribution in [-0.2, 0) is 0 Å². The summed E-state index contributed by atoms with van der Waals surface area (Å²) >= 11 is 0. The maximum Gasteiger partial charge on any atom is 0.161 e. The van der Waals surface area contributed by atoms with Crippen molar-refractivity contribution in [1.29, 1.82) is 0 Å². The Balaban J connectivity index is 2.06. The normalized spacial score (nSPS) is 22.9. The molecular weight excluding hydrogens is 266 g/mol. The summed E-state index contributed by atoms with van der Waals surface area (Å²) in [6.45, 7) is 4.01. The maximum absolute atomic E-state index is 8.85. The van der Waals surface area contributed by atoms with Crippen molar-refractivity contribution < 1.29 is 14.7 Å². The fourth-order valence-corrected chi connectivity index (χ4v) is 2.89. The zero-order valence-electron chi connectivity index (χ0n) is 13.1. The Bertz CT molecular complexity index is 491. The molecular formula is C17H25NO3. The van der Waals surface area contributed by atoms with Crippen LogP contribution in [0.2, 0.25) is 0 Å². The van der Waals surface area contributed by atoms with Crippen molar-refractivity contribution in [3.63, 3.8) is 0 Å². The summed E-state index contributed by atoms with van der Waals surface area (Å²) in [6.07, 6.45) is 6.27. The largest absolute Gasteiger partial charge is 0.493 e. The highest BCUT2D eigenvalue weighted by atomic mass is 16.5. The highest BCUT2D eigenvalue weighted by Crippen LogP contribution is 2.34. The molecule has 0 amide bonds. The lowest BCUT2D eigenvalue weighted by atomic mass is 9.86. The van der Waals surface area contributed by atoms with Crippen LogP contribution in [0.3, 0.4) is 0 Å². The smallest absolute Gasteiger partial charge is 0.161 e. The maximum atomic E-state index is 8.85. The molecule has 2 rings (SSSR count). The van der Waals surface area contributed by atoms with E-state index in [0.29, 0.717) is 11.5 Å². The van der Waals surface area contributed by atoms with Crippen LogP contribution in [0.25, 0.3) is 0 Å². The lowest BCUT2D eigenvalue weighted by molar-refractivity contribution is 0.126. The van der Waals surface area contributed by atoms with Gasteiger partial charge in [-0.1, -0.05) is 18.5 Å². The molecule has 1 aliphatic rings. The Kier molecular flexibility index (Phi) is 5.48. The van der Waals surface area contributed by atoms with Gasteiger partial charge in [-0.05, 0) is 56.7 Å². The van der Waals surface area contributed by atoms with Gasteiger partial charge in [0.1, 0.15) is 0 Å². The molecule has 4 nitrogen and oxygen atoms in total. The summed E-state index contributed by atoms with van der Waals surface area (Å²) in [6, 6.07) is 5.64. The summed E-state index contributed by atoms with van der Waals surface area (Å²) in [5.74, 6) is 2.32. The molecule has 0 spiro atoms. The van der Waals surface area contributed by atoms with Crippen LogP contribution < -0.4 is 9.47 Å². The molecule has 1 aromatic carbocycles. The van der Waals surface area contributed by atoms with E-state index in [1.165, 1.54) is 19.3 Å². The molecule has 1 fully saturated rings. The Morgan fingerprint density at radius 2 is 1.95 bits per heavy atom. The van der Waals surface area contributed by atoms with E-state index in [0.717, 1.165) is 30.1 Å². The predicted molar refractivity (Wildman–Crippen MR) is 83.7 cm³/mol. The molecule has 0 aromatic heterocycles. The van der Waals surface area contributed by atoms with Crippen molar-refractivity contribution in [1.82, 2.24) is 0 Å². The molecule has 0 atom stereocenters. The fourth-order valence-electron chi connectivity index (χ4n) is 2.89. The number of nitrogens with zero attached hydrogens (tertiary/aromatic N) is 1. The number of oxime groups is 1. The molecule has 1 N–H and O–H groups in total. The molecule has 1 saturated carbocycles. The third kappa shape index (κ3) is 3.90. The van der Waals surface area contributed by atoms with Gasteiger partial charge in [-0.2, -0.15) is 0 Å². The van der Waals surface area contributed by atoms with Gasteiger partial charge >= 0.3 is 0 Å². The molecule has 0 saturated heterocycles. The zero-order valence-corrected chi connectivity index (χ0v) is 13.1. The number of rotatable bonds is 5. The van der Waals surface area contributed by atoms with Gasteiger partial charge in [-0.25, -0.2) is 0 Å². The second-order valence-electron chi connectivity index (χ2n) is 5.72. The Labute approximate surface area is 126 Å². The first-order chi connectivity index (χ1) is 10.2. The number of hydrogen-bond acceptors (Lipinski definition) is 4. The number of methoxy groups -OCH3 is 1. The molecule has 1 aromatic rings. The molecule has 0 aliphatic heterocycles. The third-order valence-corrected chi connectivity index (χ3v) is 4.40. The third-order valence-electron chi connectivity index (χ3n) is 4.40. The minimum Gasteiger partial charge on any atom is -0.493 e. The van der Waals surface area contributed by atoms with E-state index in [4.69, 9.17) is 14.7 Å². The molecule has 0 radical (unpaired) electrons. The first-order valence-electron chi connectivity index (χ1n) is 7.71. The molecule has 0 heterocycles. The quantitative estimate of drug-likeness (QED) is 0.501. The minimum absolute atomic E-state index is 0.278. The molecule has 0 unspecified atom stereocenters. The van der Waals surface area contributed by atoms with Gasteiger partial charge in [0.15, 0.2) is 11.5 Å². The van der Waals surface area contributed by atoms with Crippen LogP contribution in [0.5, 0.6) is 11.5 Å². The van der Waals surface area contributed by atoms with E-state index in [2.05, 4.69) is 12.1 Å². The topological polar surface area (TPSA) is 51.0 Å². The van der Waals surface area contributed by atoms with Crippen molar-refractivity contribution >= 4 is 5.71 Å². The highest BCUT2D eigenvalue weighted by molar-refractivity contribution is 5.98. The van der Waals surface area contributed by atoms with Crippen LogP contribution in [0.4, 0.5) is 0 Å². The van der Waals surface area contributed by atoms with Crippen molar-refractivity contribution in [3.8, 4) is 11.5 Å². The van der Waals surface area contributed by atoms with E-state index < -0.39 is 0 Å². The van der Waals surface area contributed by atoms with Gasteiger partial charge in [0.25, 0.3) is 0 Å². The summed E-state index contributed by atoms with van der Waals surface area (Å²) in [5.41, 5.74) is 1.39. The van der Waals surface area contributed by atoms with Crippen LogP contribution in [-0.4, -0.2) is 24.1 Å². The first kappa shape index (κ1) is 15.7. The van der Waals surface area contributed by atoms with E-state index in [-0.39, 0.29) is 6.10 Å². The van der Waals surface area contributed by atoms with Gasteiger partial charge in [-0.15, -0.1) is 0 Å². The summed E-state index contributed by atoms with van der Waals surface area (Å²) in [7, 11) is 1.63. The average molecular weight is 291 g/mol. The van der Waals surface area contributed by atoms with Crippen molar-refractivity contribution in [2.45, 2.75) is 52.1 Å². The molecule has 0 bridgehead atoms. The Morgan fingerprint density at radius 3 is 2.52 bits per heavy atom. The minimum atomic E-state index is 0.278. The molecule has 116 valence electrons. The summed E-state index contributed by atoms with van der Waals surface area (Å²) in [5, 5.41) is 12.1. The van der Waals surface area contributed by atoms with Gasteiger partial charge in [0, 0.05) is 5.56 Å². The van der Waals surface area contributed by atoms with Crippen LogP contribution in [0, 0.1) is 5.92 Å². The van der Waals surface area contributed by atoms with Crippen molar-refractivity contribution in [3.05, 3.63) is 23.8 Å². The molecule has 1 aliphatic carbocycles. The summed E-state index contributed by atoms with van der Waals surface area (Å²) < 4.78 is 11.5. The summed E-state index contributed by atoms with van der Waals surface area (Å²) in [4.78, 5) is 0. The first-order valence-corrected chi connectivity index (χ1v) is 7.71. The van der Waals surface area contributed by atoms with Crippen LogP contribution in [0.1, 0.15) is 51.5 Å². The van der Waals surface area contributed by atoms with E-state index in [1.807, 2.05) is 18.2 Å². The van der Waals surface area contributed by atoms with Crippen molar-refractivity contribution in [2.75, 3.05) is 7.11 Å². The Morgan fingerprint density at radius 1 is 1.24 bits per heavy atom. The Hall–Kier alpha value is -1.71. The standard InChI is InChI=1S/C17H25NO3/c1-4-13-5-8-15(9-6-13)21-16-10-7-14(12(2)18-19)11-17(16)20-3/h7,10-11,13,15,19H,4-6,8-9H2,1-3H3. The molecule has 21 heavy (non-hydrogen) atoms. The zero-order chi connectivity index (χ0) is 15.2. The van der Waals surface area contributed by atoms with Crippen molar-refractivity contribution in [2.24, 2.45) is 11.1 Å². The monoisotopic (exact) mass is 291 g/mol. The van der Waals surface area contributed by atoms with Gasteiger partial charge in [0.05, 0.1) is 18.9 Å². The van der Waals surface area contributed by atoms with Gasteiger partial charge < -0.3 is 14.7 Å². The lowest BCUT2D eigenvalue weighted by Gasteiger charge is -2.28.